The monoisotopic (exact) mass is 434 g/mol. The molecule has 0 aliphatic heterocycles. The zero-order chi connectivity index (χ0) is 19.3. The summed E-state index contributed by atoms with van der Waals surface area (Å²) in [5, 5.41) is 22.6. The maximum absolute atomic E-state index is 12.4. The molecule has 134 valence electrons. The Morgan fingerprint density at radius 1 is 1.42 bits per heavy atom. The van der Waals surface area contributed by atoms with E-state index in [2.05, 4.69) is 21.2 Å². The Morgan fingerprint density at radius 3 is 2.77 bits per heavy atom. The molecular weight excluding hydrogens is 420 g/mol. The minimum atomic E-state index is -0.542. The normalized spacial score (nSPS) is 11.0. The van der Waals surface area contributed by atoms with Crippen molar-refractivity contribution in [3.05, 3.63) is 56.5 Å². The number of halogens is 2. The van der Waals surface area contributed by atoms with E-state index in [4.69, 9.17) is 16.3 Å². The molecule has 0 aliphatic carbocycles. The fraction of sp³-hybridized carbons (Fsp3) is 0.158. The van der Waals surface area contributed by atoms with Gasteiger partial charge in [0.15, 0.2) is 11.5 Å². The highest BCUT2D eigenvalue weighted by Crippen LogP contribution is 2.36. The van der Waals surface area contributed by atoms with Crippen molar-refractivity contribution in [1.82, 2.24) is 0 Å². The van der Waals surface area contributed by atoms with Crippen LogP contribution < -0.4 is 10.1 Å². The number of aromatic hydroxyl groups is 1. The topological polar surface area (TPSA) is 82.3 Å². The lowest BCUT2D eigenvalue weighted by molar-refractivity contribution is -0.112. The zero-order valence-electron chi connectivity index (χ0n) is 14.1. The third-order valence-electron chi connectivity index (χ3n) is 3.46. The van der Waals surface area contributed by atoms with E-state index in [0.29, 0.717) is 27.4 Å². The Labute approximate surface area is 165 Å². The summed E-state index contributed by atoms with van der Waals surface area (Å²) in [7, 11) is 0. The maximum Gasteiger partial charge on any atom is 0.266 e. The predicted octanol–water partition coefficient (Wildman–Crippen LogP) is 5.06. The fourth-order valence-corrected chi connectivity index (χ4v) is 2.90. The molecule has 2 rings (SSSR count). The number of carbonyl (C=O) groups is 1. The number of phenolic OH excluding ortho intramolecular Hbond substituents is 1. The second-order valence-electron chi connectivity index (χ2n) is 5.37. The van der Waals surface area contributed by atoms with Gasteiger partial charge in [-0.15, -0.1) is 0 Å². The van der Waals surface area contributed by atoms with Crippen molar-refractivity contribution in [3.8, 4) is 17.6 Å². The number of nitrogens with one attached hydrogen (secondary N) is 1. The minimum Gasteiger partial charge on any atom is -0.503 e. The predicted molar refractivity (Wildman–Crippen MR) is 105 cm³/mol. The van der Waals surface area contributed by atoms with Crippen LogP contribution in [0.2, 0.25) is 5.02 Å². The third-order valence-corrected chi connectivity index (χ3v) is 4.30. The number of amides is 1. The van der Waals surface area contributed by atoms with Crippen molar-refractivity contribution in [2.45, 2.75) is 13.8 Å². The van der Waals surface area contributed by atoms with Gasteiger partial charge in [-0.05, 0) is 77.3 Å². The molecule has 2 aromatic carbocycles. The molecule has 0 heterocycles. The first-order valence-corrected chi connectivity index (χ1v) is 8.87. The van der Waals surface area contributed by atoms with E-state index in [9.17, 15) is 15.2 Å². The summed E-state index contributed by atoms with van der Waals surface area (Å²) in [6.45, 7) is 3.97. The summed E-state index contributed by atoms with van der Waals surface area (Å²) < 4.78 is 5.75. The van der Waals surface area contributed by atoms with E-state index < -0.39 is 5.91 Å². The highest BCUT2D eigenvalue weighted by Gasteiger charge is 2.13. The van der Waals surface area contributed by atoms with Gasteiger partial charge in [0.25, 0.3) is 5.91 Å². The number of ether oxygens (including phenoxy) is 1. The van der Waals surface area contributed by atoms with Gasteiger partial charge >= 0.3 is 0 Å². The smallest absolute Gasteiger partial charge is 0.266 e. The molecule has 2 N–H and O–H groups in total. The van der Waals surface area contributed by atoms with Crippen LogP contribution in [0, 0.1) is 18.3 Å². The van der Waals surface area contributed by atoms with E-state index in [1.807, 2.05) is 13.0 Å². The molecule has 5 nitrogen and oxygen atoms in total. The van der Waals surface area contributed by atoms with Gasteiger partial charge in [-0.2, -0.15) is 5.26 Å². The van der Waals surface area contributed by atoms with Gasteiger partial charge in [0, 0.05) is 10.7 Å². The van der Waals surface area contributed by atoms with Crippen molar-refractivity contribution in [2.24, 2.45) is 0 Å². The zero-order valence-corrected chi connectivity index (χ0v) is 16.5. The Kier molecular flexibility index (Phi) is 6.67. The molecule has 1 amide bonds. The Hall–Kier alpha value is -2.49. The van der Waals surface area contributed by atoms with Crippen molar-refractivity contribution in [1.29, 1.82) is 5.26 Å². The Balaban J connectivity index is 2.32. The standard InChI is InChI=1S/C19H16BrClN2O3/c1-3-26-17-9-12(8-15(20)18(17)24)7-13(10-22)19(25)23-16-5-4-14(21)6-11(16)2/h4-9,24H,3H2,1-2H3,(H,23,25)/b13-7+. The number of benzene rings is 2. The largest absolute Gasteiger partial charge is 0.503 e. The fourth-order valence-electron chi connectivity index (χ4n) is 2.21. The number of phenols is 1. The SMILES string of the molecule is CCOc1cc(/C=C(\C#N)C(=O)Nc2ccc(Cl)cc2C)cc(Br)c1O. The van der Waals surface area contributed by atoms with Crippen molar-refractivity contribution >= 4 is 45.2 Å². The van der Waals surface area contributed by atoms with Gasteiger partial charge in [-0.3, -0.25) is 4.79 Å². The number of hydrogen-bond donors (Lipinski definition) is 2. The van der Waals surface area contributed by atoms with Crippen molar-refractivity contribution in [2.75, 3.05) is 11.9 Å². The van der Waals surface area contributed by atoms with Crippen LogP contribution in [0.15, 0.2) is 40.4 Å². The quantitative estimate of drug-likeness (QED) is 0.508. The van der Waals surface area contributed by atoms with Crippen LogP contribution >= 0.6 is 27.5 Å². The summed E-state index contributed by atoms with van der Waals surface area (Å²) in [6, 6.07) is 10.1. The van der Waals surface area contributed by atoms with Crippen LogP contribution in [0.1, 0.15) is 18.1 Å². The van der Waals surface area contributed by atoms with Gasteiger partial charge in [-0.25, -0.2) is 0 Å². The number of nitrogens with zero attached hydrogens (tertiary/aromatic N) is 1. The molecule has 0 unspecified atom stereocenters. The lowest BCUT2D eigenvalue weighted by Crippen LogP contribution is -2.14. The van der Waals surface area contributed by atoms with E-state index in [1.165, 1.54) is 6.08 Å². The van der Waals surface area contributed by atoms with Crippen molar-refractivity contribution in [3.63, 3.8) is 0 Å². The summed E-state index contributed by atoms with van der Waals surface area (Å²) in [5.41, 5.74) is 1.81. The second kappa shape index (κ2) is 8.75. The molecule has 0 saturated carbocycles. The first-order valence-electron chi connectivity index (χ1n) is 7.70. The first kappa shape index (κ1) is 19.8. The summed E-state index contributed by atoms with van der Waals surface area (Å²) in [6.07, 6.45) is 1.42. The van der Waals surface area contributed by atoms with Crippen LogP contribution in [-0.4, -0.2) is 17.6 Å². The summed E-state index contributed by atoms with van der Waals surface area (Å²) in [4.78, 5) is 12.4. The Bertz CT molecular complexity index is 920. The molecule has 26 heavy (non-hydrogen) atoms. The number of rotatable bonds is 5. The molecule has 0 aliphatic rings. The van der Waals surface area contributed by atoms with E-state index >= 15 is 0 Å². The number of carbonyl (C=O) groups excluding carboxylic acids is 1. The molecule has 0 aromatic heterocycles. The average molecular weight is 436 g/mol. The van der Waals surface area contributed by atoms with Gasteiger partial charge < -0.3 is 15.2 Å². The molecule has 7 heteroatoms. The molecule has 0 fully saturated rings. The van der Waals surface area contributed by atoms with Gasteiger partial charge in [0.2, 0.25) is 0 Å². The lowest BCUT2D eigenvalue weighted by atomic mass is 10.1. The van der Waals surface area contributed by atoms with E-state index in [0.717, 1.165) is 5.56 Å². The molecular formula is C19H16BrClN2O3. The van der Waals surface area contributed by atoms with E-state index in [-0.39, 0.29) is 17.1 Å². The van der Waals surface area contributed by atoms with Crippen LogP contribution in [0.4, 0.5) is 5.69 Å². The third kappa shape index (κ3) is 4.78. The van der Waals surface area contributed by atoms with Crippen LogP contribution in [0.5, 0.6) is 11.5 Å². The number of aryl methyl sites for hydroxylation is 1. The molecule has 0 radical (unpaired) electrons. The van der Waals surface area contributed by atoms with Crippen molar-refractivity contribution < 1.29 is 14.6 Å². The van der Waals surface area contributed by atoms with Crippen LogP contribution in [-0.2, 0) is 4.79 Å². The average Bonchev–Trinajstić information content (AvgIpc) is 2.59. The number of nitriles is 1. The Morgan fingerprint density at radius 2 is 2.15 bits per heavy atom. The molecule has 0 atom stereocenters. The second-order valence-corrected chi connectivity index (χ2v) is 6.66. The maximum atomic E-state index is 12.4. The minimum absolute atomic E-state index is 0.0382. The van der Waals surface area contributed by atoms with E-state index in [1.54, 1.807) is 37.3 Å². The molecule has 0 saturated heterocycles. The van der Waals surface area contributed by atoms with Gasteiger partial charge in [0.1, 0.15) is 11.6 Å². The molecule has 0 bridgehead atoms. The number of hydrogen-bond acceptors (Lipinski definition) is 4. The lowest BCUT2D eigenvalue weighted by Gasteiger charge is -2.10. The van der Waals surface area contributed by atoms with Gasteiger partial charge in [-0.1, -0.05) is 11.6 Å². The van der Waals surface area contributed by atoms with Crippen LogP contribution in [0.25, 0.3) is 6.08 Å². The summed E-state index contributed by atoms with van der Waals surface area (Å²) in [5.74, 6) is -0.316. The first-order chi connectivity index (χ1) is 12.3. The van der Waals surface area contributed by atoms with Crippen LogP contribution in [0.3, 0.4) is 0 Å². The molecule has 0 spiro atoms. The highest BCUT2D eigenvalue weighted by atomic mass is 79.9. The highest BCUT2D eigenvalue weighted by molar-refractivity contribution is 9.10. The van der Waals surface area contributed by atoms with Gasteiger partial charge in [0.05, 0.1) is 11.1 Å². The molecule has 2 aromatic rings. The number of anilines is 1. The summed E-state index contributed by atoms with van der Waals surface area (Å²) >= 11 is 9.14.